The van der Waals surface area contributed by atoms with Crippen LogP contribution in [0.2, 0.25) is 0 Å². The number of hydrogen-bond donors (Lipinski definition) is 1. The summed E-state index contributed by atoms with van der Waals surface area (Å²) >= 11 is 1.46. The number of ether oxygens (including phenoxy) is 2. The Labute approximate surface area is 189 Å². The first-order chi connectivity index (χ1) is 15.6. The minimum Gasteiger partial charge on any atom is -0.485 e. The van der Waals surface area contributed by atoms with Gasteiger partial charge in [-0.05, 0) is 48.9 Å². The first-order valence-corrected chi connectivity index (χ1v) is 11.2. The van der Waals surface area contributed by atoms with Crippen molar-refractivity contribution in [3.8, 4) is 11.5 Å². The lowest BCUT2D eigenvalue weighted by Crippen LogP contribution is -2.43. The molecule has 0 saturated carbocycles. The van der Waals surface area contributed by atoms with E-state index in [1.807, 2.05) is 43.3 Å². The molecular weight excluding hydrogens is 426 g/mol. The zero-order chi connectivity index (χ0) is 22.1. The van der Waals surface area contributed by atoms with Gasteiger partial charge in [-0.15, -0.1) is 0 Å². The van der Waals surface area contributed by atoms with Crippen molar-refractivity contribution < 1.29 is 19.1 Å². The molecule has 1 aromatic heterocycles. The van der Waals surface area contributed by atoms with Gasteiger partial charge in [-0.1, -0.05) is 30.0 Å². The molecule has 0 aliphatic carbocycles. The molecule has 7 nitrogen and oxygen atoms in total. The van der Waals surface area contributed by atoms with Gasteiger partial charge in [0.1, 0.15) is 11.6 Å². The zero-order valence-electron chi connectivity index (χ0n) is 17.4. The molecule has 5 rings (SSSR count). The number of fused-ring (bicyclic) bond motifs is 3. The van der Waals surface area contributed by atoms with Gasteiger partial charge in [-0.2, -0.15) is 0 Å². The number of anilines is 1. The molecule has 0 fully saturated rings. The van der Waals surface area contributed by atoms with Crippen molar-refractivity contribution in [3.63, 3.8) is 0 Å². The smallest absolute Gasteiger partial charge is 0.264 e. The summed E-state index contributed by atoms with van der Waals surface area (Å²) in [5.41, 5.74) is 2.36. The molecule has 162 valence electrons. The van der Waals surface area contributed by atoms with Crippen LogP contribution in [0.3, 0.4) is 0 Å². The number of carbonyl (C=O) groups is 2. The van der Waals surface area contributed by atoms with E-state index in [0.29, 0.717) is 35.2 Å². The average molecular weight is 448 g/mol. The second kappa shape index (κ2) is 8.55. The zero-order valence-corrected chi connectivity index (χ0v) is 18.2. The Balaban J connectivity index is 1.32. The van der Waals surface area contributed by atoms with Gasteiger partial charge in [0.15, 0.2) is 11.5 Å². The van der Waals surface area contributed by atoms with Crippen LogP contribution in [-0.4, -0.2) is 36.1 Å². The summed E-state index contributed by atoms with van der Waals surface area (Å²) in [6.07, 6.45) is 0.985. The third-order valence-electron chi connectivity index (χ3n) is 5.35. The highest BCUT2D eigenvalue weighted by Crippen LogP contribution is 2.40. The maximum atomic E-state index is 13.0. The number of nitrogens with one attached hydrogen (secondary N) is 1. The molecule has 2 aliphatic heterocycles. The Hall–Kier alpha value is -3.52. The topological polar surface area (TPSA) is 80.8 Å². The number of nitrogens with zero attached hydrogens (tertiary/aromatic N) is 2. The molecule has 8 heteroatoms. The molecule has 0 radical (unpaired) electrons. The lowest BCUT2D eigenvalue weighted by atomic mass is 10.1. The average Bonchev–Trinajstić information content (AvgIpc) is 2.95. The number of pyridine rings is 1. The second-order valence-electron chi connectivity index (χ2n) is 7.39. The molecule has 1 atom stereocenters. The van der Waals surface area contributed by atoms with Crippen LogP contribution in [0.1, 0.15) is 22.8 Å². The normalized spacial score (nSPS) is 16.6. The van der Waals surface area contributed by atoms with Crippen LogP contribution in [0.15, 0.2) is 70.7 Å². The number of benzene rings is 2. The van der Waals surface area contributed by atoms with Gasteiger partial charge in [0.25, 0.3) is 11.8 Å². The minimum atomic E-state index is -0.704. The number of carbonyl (C=O) groups excluding carboxylic acids is 2. The Morgan fingerprint density at radius 1 is 1.19 bits per heavy atom. The number of amides is 2. The van der Waals surface area contributed by atoms with Crippen molar-refractivity contribution in [2.24, 2.45) is 0 Å². The molecule has 0 saturated heterocycles. The molecule has 2 aromatic carbocycles. The summed E-state index contributed by atoms with van der Waals surface area (Å²) < 4.78 is 11.4. The van der Waals surface area contributed by atoms with Gasteiger partial charge in [0.05, 0.1) is 11.3 Å². The van der Waals surface area contributed by atoms with Gasteiger partial charge >= 0.3 is 0 Å². The maximum Gasteiger partial charge on any atom is 0.264 e. The highest BCUT2D eigenvalue weighted by Gasteiger charge is 2.28. The molecule has 0 bridgehead atoms. The van der Waals surface area contributed by atoms with Crippen molar-refractivity contribution in [2.45, 2.75) is 29.5 Å². The number of hydrogen-bond acceptors (Lipinski definition) is 6. The largest absolute Gasteiger partial charge is 0.485 e. The lowest BCUT2D eigenvalue weighted by molar-refractivity contribution is -0.130. The molecule has 2 amide bonds. The number of rotatable bonds is 4. The quantitative estimate of drug-likeness (QED) is 0.657. The van der Waals surface area contributed by atoms with Crippen LogP contribution in [0.5, 0.6) is 11.5 Å². The highest BCUT2D eigenvalue weighted by molar-refractivity contribution is 7.99. The van der Waals surface area contributed by atoms with Crippen molar-refractivity contribution in [3.05, 3.63) is 71.9 Å². The third kappa shape index (κ3) is 3.78. The molecule has 3 aromatic rings. The molecular formula is C24H21N3O4S. The third-order valence-corrected chi connectivity index (χ3v) is 6.42. The van der Waals surface area contributed by atoms with E-state index >= 15 is 0 Å². The Kier molecular flexibility index (Phi) is 5.45. The Bertz CT molecular complexity index is 1200. The standard InChI is InChI=1S/C24H21N3O4S/c1-2-27-17-10-9-15(12-21(17)32-23-16(24(27)29)6-5-11-25-23)13-26-22(28)20-14-30-18-7-3-4-8-19(18)31-20/h3-12,20H,2,13-14H2,1H3,(H,26,28). The molecule has 32 heavy (non-hydrogen) atoms. The molecule has 3 heterocycles. The summed E-state index contributed by atoms with van der Waals surface area (Å²) in [4.78, 5) is 32.7. The fourth-order valence-corrected chi connectivity index (χ4v) is 4.81. The van der Waals surface area contributed by atoms with E-state index in [1.165, 1.54) is 11.8 Å². The summed E-state index contributed by atoms with van der Waals surface area (Å²) in [5, 5.41) is 3.61. The first-order valence-electron chi connectivity index (χ1n) is 10.4. The van der Waals surface area contributed by atoms with E-state index in [9.17, 15) is 9.59 Å². The van der Waals surface area contributed by atoms with E-state index in [1.54, 1.807) is 29.3 Å². The fraction of sp³-hybridized carbons (Fsp3) is 0.208. The van der Waals surface area contributed by atoms with Crippen LogP contribution in [0.4, 0.5) is 5.69 Å². The van der Waals surface area contributed by atoms with Gasteiger partial charge in [0, 0.05) is 24.2 Å². The molecule has 0 spiro atoms. The predicted molar refractivity (Wildman–Crippen MR) is 120 cm³/mol. The first kappa shape index (κ1) is 20.4. The maximum absolute atomic E-state index is 13.0. The summed E-state index contributed by atoms with van der Waals surface area (Å²) in [6, 6.07) is 16.7. The van der Waals surface area contributed by atoms with Crippen LogP contribution in [0.25, 0.3) is 0 Å². The molecule has 1 unspecified atom stereocenters. The van der Waals surface area contributed by atoms with Gasteiger partial charge in [0.2, 0.25) is 6.10 Å². The van der Waals surface area contributed by atoms with E-state index in [-0.39, 0.29) is 18.4 Å². The van der Waals surface area contributed by atoms with Crippen molar-refractivity contribution in [1.29, 1.82) is 0 Å². The lowest BCUT2D eigenvalue weighted by Gasteiger charge is -2.25. The fourth-order valence-electron chi connectivity index (χ4n) is 3.73. The van der Waals surface area contributed by atoms with Gasteiger partial charge in [-0.25, -0.2) is 4.98 Å². The summed E-state index contributed by atoms with van der Waals surface area (Å²) in [7, 11) is 0. The van der Waals surface area contributed by atoms with E-state index in [0.717, 1.165) is 16.1 Å². The van der Waals surface area contributed by atoms with E-state index in [4.69, 9.17) is 9.47 Å². The summed E-state index contributed by atoms with van der Waals surface area (Å²) in [5.74, 6) is 0.913. The molecule has 1 N–H and O–H groups in total. The van der Waals surface area contributed by atoms with Crippen molar-refractivity contribution >= 4 is 29.3 Å². The van der Waals surface area contributed by atoms with Gasteiger partial charge < -0.3 is 19.7 Å². The van der Waals surface area contributed by atoms with Crippen molar-refractivity contribution in [2.75, 3.05) is 18.1 Å². The Morgan fingerprint density at radius 3 is 2.88 bits per heavy atom. The van der Waals surface area contributed by atoms with E-state index < -0.39 is 6.10 Å². The molecule has 2 aliphatic rings. The van der Waals surface area contributed by atoms with E-state index in [2.05, 4.69) is 10.3 Å². The van der Waals surface area contributed by atoms with Crippen molar-refractivity contribution in [1.82, 2.24) is 10.3 Å². The second-order valence-corrected chi connectivity index (χ2v) is 8.42. The van der Waals surface area contributed by atoms with Crippen LogP contribution >= 0.6 is 11.8 Å². The minimum absolute atomic E-state index is 0.0577. The van der Waals surface area contributed by atoms with Crippen LogP contribution in [-0.2, 0) is 11.3 Å². The van der Waals surface area contributed by atoms with Gasteiger partial charge in [-0.3, -0.25) is 9.59 Å². The monoisotopic (exact) mass is 447 g/mol. The highest BCUT2D eigenvalue weighted by atomic mass is 32.2. The number of aromatic nitrogens is 1. The summed E-state index contributed by atoms with van der Waals surface area (Å²) in [6.45, 7) is 3.01. The number of para-hydroxylation sites is 2. The van der Waals surface area contributed by atoms with Crippen LogP contribution in [0, 0.1) is 0 Å². The SMILES string of the molecule is CCN1C(=O)c2cccnc2Sc2cc(CNC(=O)C3COc4ccccc4O3)ccc21. The Morgan fingerprint density at radius 2 is 2.03 bits per heavy atom. The predicted octanol–water partition coefficient (Wildman–Crippen LogP) is 3.67. The van der Waals surface area contributed by atoms with Crippen LogP contribution < -0.4 is 19.7 Å².